The summed E-state index contributed by atoms with van der Waals surface area (Å²) in [6, 6.07) is 0. The monoisotopic (exact) mass is 237 g/mol. The summed E-state index contributed by atoms with van der Waals surface area (Å²) in [5.74, 6) is 2.79. The Hall–Kier alpha value is -0.900. The highest BCUT2D eigenvalue weighted by molar-refractivity contribution is 4.91. The van der Waals surface area contributed by atoms with Gasteiger partial charge in [-0.15, -0.1) is 0 Å². The predicted molar refractivity (Wildman–Crippen MR) is 66.4 cm³/mol. The number of rotatable bonds is 3. The molecule has 2 rings (SSSR count). The van der Waals surface area contributed by atoms with Gasteiger partial charge >= 0.3 is 0 Å². The van der Waals surface area contributed by atoms with Crippen LogP contribution in [0.5, 0.6) is 0 Å². The van der Waals surface area contributed by atoms with E-state index < -0.39 is 0 Å². The highest BCUT2D eigenvalue weighted by Crippen LogP contribution is 2.35. The first-order chi connectivity index (χ1) is 8.08. The van der Waals surface area contributed by atoms with Gasteiger partial charge in [-0.1, -0.05) is 13.8 Å². The molecule has 1 fully saturated rings. The molecular formula is C13H23N3O. The van der Waals surface area contributed by atoms with Crippen molar-refractivity contribution in [3.8, 4) is 0 Å². The number of aliphatic hydroxyl groups excluding tert-OH is 1. The van der Waals surface area contributed by atoms with Crippen molar-refractivity contribution < 1.29 is 5.11 Å². The molecule has 4 heteroatoms. The molecule has 96 valence electrons. The van der Waals surface area contributed by atoms with Gasteiger partial charge in [-0.2, -0.15) is 5.10 Å². The molecule has 1 aromatic rings. The van der Waals surface area contributed by atoms with Crippen molar-refractivity contribution in [1.29, 1.82) is 0 Å². The Labute approximate surface area is 103 Å². The normalized spacial score (nSPS) is 29.8. The molecule has 0 spiro atoms. The zero-order valence-corrected chi connectivity index (χ0v) is 11.0. The summed E-state index contributed by atoms with van der Waals surface area (Å²) in [5.41, 5.74) is 0. The van der Waals surface area contributed by atoms with Gasteiger partial charge in [0.2, 0.25) is 0 Å². The van der Waals surface area contributed by atoms with Crippen molar-refractivity contribution in [2.45, 2.75) is 45.6 Å². The molecule has 3 atom stereocenters. The third kappa shape index (κ3) is 2.86. The second kappa shape index (κ2) is 5.17. The number of hydrogen-bond donors (Lipinski definition) is 1. The van der Waals surface area contributed by atoms with Crippen LogP contribution in [0.2, 0.25) is 0 Å². The van der Waals surface area contributed by atoms with Crippen molar-refractivity contribution in [1.82, 2.24) is 14.8 Å². The van der Waals surface area contributed by atoms with E-state index in [1.54, 1.807) is 6.33 Å². The van der Waals surface area contributed by atoms with Gasteiger partial charge in [-0.05, 0) is 37.0 Å². The zero-order chi connectivity index (χ0) is 12.4. The summed E-state index contributed by atoms with van der Waals surface area (Å²) in [6.45, 7) is 4.56. The first-order valence-corrected chi connectivity index (χ1v) is 6.59. The fraction of sp³-hybridized carbons (Fsp3) is 0.846. The van der Waals surface area contributed by atoms with E-state index in [9.17, 15) is 5.11 Å². The van der Waals surface area contributed by atoms with E-state index in [2.05, 4.69) is 23.9 Å². The molecule has 0 aliphatic heterocycles. The van der Waals surface area contributed by atoms with Crippen LogP contribution in [0.3, 0.4) is 0 Å². The number of aromatic nitrogens is 3. The van der Waals surface area contributed by atoms with Crippen LogP contribution < -0.4 is 0 Å². The van der Waals surface area contributed by atoms with Gasteiger partial charge in [0.1, 0.15) is 12.2 Å². The lowest BCUT2D eigenvalue weighted by molar-refractivity contribution is 0.0365. The number of nitrogens with zero attached hydrogens (tertiary/aromatic N) is 3. The summed E-state index contributed by atoms with van der Waals surface area (Å²) in [5, 5.41) is 14.2. The van der Waals surface area contributed by atoms with E-state index in [1.807, 2.05) is 11.7 Å². The number of aryl methyl sites for hydroxylation is 1. The Bertz CT molecular complexity index is 361. The maximum absolute atomic E-state index is 10.1. The lowest BCUT2D eigenvalue weighted by Gasteiger charge is -2.35. The molecule has 1 aromatic heterocycles. The first kappa shape index (κ1) is 12.6. The fourth-order valence-corrected chi connectivity index (χ4v) is 2.85. The highest BCUT2D eigenvalue weighted by Gasteiger charge is 2.31. The van der Waals surface area contributed by atoms with Crippen molar-refractivity contribution in [3.05, 3.63) is 12.2 Å². The maximum Gasteiger partial charge on any atom is 0.138 e. The molecule has 3 unspecified atom stereocenters. The van der Waals surface area contributed by atoms with E-state index in [1.165, 1.54) is 0 Å². The van der Waals surface area contributed by atoms with Crippen LogP contribution in [-0.2, 0) is 13.5 Å². The minimum absolute atomic E-state index is 0.165. The summed E-state index contributed by atoms with van der Waals surface area (Å²) in [7, 11) is 1.91. The van der Waals surface area contributed by atoms with E-state index in [0.29, 0.717) is 11.8 Å². The topological polar surface area (TPSA) is 50.9 Å². The summed E-state index contributed by atoms with van der Waals surface area (Å²) in [6.07, 6.45) is 5.48. The van der Waals surface area contributed by atoms with Gasteiger partial charge in [0.25, 0.3) is 0 Å². The summed E-state index contributed by atoms with van der Waals surface area (Å²) >= 11 is 0. The molecule has 1 aliphatic carbocycles. The molecule has 0 radical (unpaired) electrons. The van der Waals surface area contributed by atoms with Crippen LogP contribution in [0.25, 0.3) is 0 Å². The van der Waals surface area contributed by atoms with Crippen LogP contribution >= 0.6 is 0 Å². The maximum atomic E-state index is 10.1. The quantitative estimate of drug-likeness (QED) is 0.872. The largest absolute Gasteiger partial charge is 0.393 e. The minimum Gasteiger partial charge on any atom is -0.393 e. The van der Waals surface area contributed by atoms with Gasteiger partial charge in [0.05, 0.1) is 6.10 Å². The molecule has 1 heterocycles. The number of hydrogen-bond acceptors (Lipinski definition) is 3. The third-order valence-electron chi connectivity index (χ3n) is 4.18. The van der Waals surface area contributed by atoms with E-state index in [4.69, 9.17) is 0 Å². The molecule has 4 nitrogen and oxygen atoms in total. The lowest BCUT2D eigenvalue weighted by Crippen LogP contribution is -2.33. The lowest BCUT2D eigenvalue weighted by atomic mass is 9.73. The average Bonchev–Trinajstić information content (AvgIpc) is 2.67. The predicted octanol–water partition coefficient (Wildman–Crippen LogP) is 1.79. The molecule has 0 amide bonds. The van der Waals surface area contributed by atoms with E-state index in [-0.39, 0.29) is 6.10 Å². The van der Waals surface area contributed by atoms with Crippen LogP contribution in [0.1, 0.15) is 38.9 Å². The molecule has 0 bridgehead atoms. The molecule has 0 aromatic carbocycles. The first-order valence-electron chi connectivity index (χ1n) is 6.59. The fourth-order valence-electron chi connectivity index (χ4n) is 2.85. The second-order valence-corrected chi connectivity index (χ2v) is 5.65. The van der Waals surface area contributed by atoms with Gasteiger partial charge in [0, 0.05) is 13.5 Å². The second-order valence-electron chi connectivity index (χ2n) is 5.65. The Morgan fingerprint density at radius 3 is 2.82 bits per heavy atom. The van der Waals surface area contributed by atoms with Gasteiger partial charge < -0.3 is 5.11 Å². The van der Waals surface area contributed by atoms with Crippen LogP contribution in [0, 0.1) is 17.8 Å². The minimum atomic E-state index is -0.165. The zero-order valence-electron chi connectivity index (χ0n) is 11.0. The smallest absolute Gasteiger partial charge is 0.138 e. The van der Waals surface area contributed by atoms with Gasteiger partial charge in [-0.3, -0.25) is 4.68 Å². The van der Waals surface area contributed by atoms with Crippen LogP contribution in [0.15, 0.2) is 6.33 Å². The van der Waals surface area contributed by atoms with Gasteiger partial charge in [0.15, 0.2) is 0 Å². The SMILES string of the molecule is CC(C)C1CCC(O)C(Cc2ncnn2C)C1. The standard InChI is InChI=1S/C13H23N3O/c1-9(2)10-4-5-12(17)11(6-10)7-13-14-8-15-16(13)3/h8-12,17H,4-7H2,1-3H3. The Kier molecular flexibility index (Phi) is 3.82. The van der Waals surface area contributed by atoms with Crippen molar-refractivity contribution in [3.63, 3.8) is 0 Å². The van der Waals surface area contributed by atoms with Crippen LogP contribution in [-0.4, -0.2) is 26.0 Å². The average molecular weight is 237 g/mol. The van der Waals surface area contributed by atoms with Crippen molar-refractivity contribution in [2.24, 2.45) is 24.8 Å². The van der Waals surface area contributed by atoms with E-state index >= 15 is 0 Å². The van der Waals surface area contributed by atoms with E-state index in [0.717, 1.165) is 37.4 Å². The summed E-state index contributed by atoms with van der Waals surface area (Å²) in [4.78, 5) is 4.25. The Morgan fingerprint density at radius 2 is 2.24 bits per heavy atom. The van der Waals surface area contributed by atoms with Gasteiger partial charge in [-0.25, -0.2) is 4.98 Å². The molecule has 1 saturated carbocycles. The molecule has 17 heavy (non-hydrogen) atoms. The third-order valence-corrected chi connectivity index (χ3v) is 4.18. The Morgan fingerprint density at radius 1 is 1.47 bits per heavy atom. The molecule has 1 aliphatic rings. The van der Waals surface area contributed by atoms with Crippen molar-refractivity contribution >= 4 is 0 Å². The molecular weight excluding hydrogens is 214 g/mol. The number of aliphatic hydroxyl groups is 1. The molecule has 0 saturated heterocycles. The highest BCUT2D eigenvalue weighted by atomic mass is 16.3. The molecule has 1 N–H and O–H groups in total. The van der Waals surface area contributed by atoms with Crippen LogP contribution in [0.4, 0.5) is 0 Å². The summed E-state index contributed by atoms with van der Waals surface area (Å²) < 4.78 is 1.81. The Balaban J connectivity index is 2.01. The van der Waals surface area contributed by atoms with Crippen molar-refractivity contribution in [2.75, 3.05) is 0 Å².